The highest BCUT2D eigenvalue weighted by Crippen LogP contribution is 2.50. The van der Waals surface area contributed by atoms with E-state index in [4.69, 9.17) is 28.9 Å². The van der Waals surface area contributed by atoms with Crippen molar-refractivity contribution in [1.29, 1.82) is 0 Å². The SMILES string of the molecule is CCN1CCC2(CC1)CCN(C(=O)O[C@H]1[C@H](C)[C@H](O)[C@H](C)[C@@H](O)[C@@H](C)/C=C/C=C(/C)C(=O)Nc3c(O)c4c(O)c(C)c5c(c4c4c3=NC3(CCN(CC(C)C)CC3)N=4)C(=O)[C@@](C)(O/C=C/[C@H](OC)[C@H]1C)O5)CC2. The number of carbonyl (C=O) groups is 3. The lowest BCUT2D eigenvalue weighted by Crippen LogP contribution is -2.51. The van der Waals surface area contributed by atoms with E-state index >= 15 is 0 Å². The maximum absolute atomic E-state index is 15.0. The van der Waals surface area contributed by atoms with Gasteiger partial charge in [-0.2, -0.15) is 0 Å². The summed E-state index contributed by atoms with van der Waals surface area (Å²) < 4.78 is 25.1. The molecule has 400 valence electrons. The third-order valence-electron chi connectivity index (χ3n) is 17.3. The number of ketones is 1. The number of amides is 2. The van der Waals surface area contributed by atoms with E-state index in [0.717, 1.165) is 51.9 Å². The third kappa shape index (κ3) is 10.4. The standard InChI is InChI=1S/C56H80N6O11/c1-12-60-23-17-55(18-24-60)19-27-62(28-20-55)53(69)72-49-34(6)38(70-11)16-29-71-54(10)51(67)41-39-40(47(65)37(9)50(41)73-54)48(66)44(43-42(39)58-56(59-43)21-25-61(26-22-56)30-31(2)3)57-52(68)33(5)15-13-14-32(4)45(63)35(7)46(64)36(49)8/h13-16,29,31-32,34-36,38,45-46,49,63-66H,12,17-28,30H2,1-11H3,(H,57,68)/b14-13+,29-16+,33-15-/t32-,34+,35+,36+,38-,45-,46+,49+,54-/m0/s1. The number of aromatic hydroxyl groups is 2. The Morgan fingerprint density at radius 1 is 0.849 bits per heavy atom. The molecule has 0 aliphatic carbocycles. The molecule has 7 heterocycles. The van der Waals surface area contributed by atoms with E-state index in [0.29, 0.717) is 44.9 Å². The molecule has 17 heteroatoms. The van der Waals surface area contributed by atoms with Crippen molar-refractivity contribution >= 4 is 34.2 Å². The number of ether oxygens (including phenoxy) is 4. The Morgan fingerprint density at radius 3 is 2.11 bits per heavy atom. The van der Waals surface area contributed by atoms with Crippen LogP contribution in [0.2, 0.25) is 0 Å². The molecule has 5 N–H and O–H groups in total. The lowest BCUT2D eigenvalue weighted by Gasteiger charge is -2.47. The van der Waals surface area contributed by atoms with Gasteiger partial charge in [0, 0.05) is 99.8 Å². The first-order valence-electron chi connectivity index (χ1n) is 26.6. The number of benzene rings is 2. The minimum Gasteiger partial charge on any atom is -0.507 e. The van der Waals surface area contributed by atoms with E-state index in [2.05, 4.69) is 35.9 Å². The maximum atomic E-state index is 15.0. The Labute approximate surface area is 430 Å². The van der Waals surface area contributed by atoms with Gasteiger partial charge in [-0.25, -0.2) is 4.79 Å². The second-order valence-electron chi connectivity index (χ2n) is 22.6. The molecule has 0 unspecified atom stereocenters. The molecule has 3 saturated heterocycles. The van der Waals surface area contributed by atoms with Crippen LogP contribution in [0.15, 0.2) is 46.1 Å². The smallest absolute Gasteiger partial charge is 0.410 e. The average Bonchev–Trinajstić information content (AvgIpc) is 3.87. The number of carbonyl (C=O) groups excluding carboxylic acids is 3. The molecule has 9 rings (SSSR count). The Balaban J connectivity index is 1.18. The van der Waals surface area contributed by atoms with Crippen LogP contribution in [0.1, 0.15) is 117 Å². The van der Waals surface area contributed by atoms with E-state index in [-0.39, 0.29) is 60.8 Å². The van der Waals surface area contributed by atoms with Crippen LogP contribution < -0.4 is 20.8 Å². The van der Waals surface area contributed by atoms with Crippen LogP contribution >= 0.6 is 0 Å². The fraction of sp³-hybridized carbons (Fsp3) is 0.661. The molecule has 3 fully saturated rings. The lowest BCUT2D eigenvalue weighted by molar-refractivity contribution is -0.112. The van der Waals surface area contributed by atoms with E-state index < -0.39 is 83.1 Å². The number of aliphatic hydroxyl groups excluding tert-OH is 2. The Bertz CT molecular complexity index is 2660. The molecule has 7 aliphatic heterocycles. The van der Waals surface area contributed by atoms with E-state index in [1.54, 1.807) is 56.9 Å². The van der Waals surface area contributed by atoms with E-state index in [1.165, 1.54) is 20.3 Å². The van der Waals surface area contributed by atoms with Gasteiger partial charge in [-0.3, -0.25) is 19.6 Å². The minimum absolute atomic E-state index is 0.0430. The number of phenols is 2. The summed E-state index contributed by atoms with van der Waals surface area (Å²) in [5.74, 6) is -5.97. The van der Waals surface area contributed by atoms with Gasteiger partial charge in [-0.15, -0.1) is 0 Å². The van der Waals surface area contributed by atoms with Crippen molar-refractivity contribution in [3.63, 3.8) is 0 Å². The van der Waals surface area contributed by atoms with Gasteiger partial charge in [0.25, 0.3) is 11.7 Å². The van der Waals surface area contributed by atoms with Gasteiger partial charge in [0.15, 0.2) is 11.4 Å². The number of aliphatic hydroxyl groups is 2. The molecule has 2 aromatic carbocycles. The fourth-order valence-electron chi connectivity index (χ4n) is 12.2. The van der Waals surface area contributed by atoms with E-state index in [9.17, 15) is 34.8 Å². The fourth-order valence-corrected chi connectivity index (χ4v) is 12.2. The normalized spacial score (nSPS) is 32.6. The van der Waals surface area contributed by atoms with Gasteiger partial charge in [-0.05, 0) is 76.6 Å². The highest BCUT2D eigenvalue weighted by atomic mass is 16.7. The number of rotatable bonds is 5. The molecule has 7 aliphatic rings. The number of hydrogen-bond acceptors (Lipinski definition) is 15. The van der Waals surface area contributed by atoms with Gasteiger partial charge < -0.3 is 59.4 Å². The first-order chi connectivity index (χ1) is 34.6. The molecule has 17 nitrogen and oxygen atoms in total. The number of likely N-dealkylation sites (tertiary alicyclic amines) is 3. The van der Waals surface area contributed by atoms with Gasteiger partial charge in [0.2, 0.25) is 0 Å². The number of anilines is 1. The van der Waals surface area contributed by atoms with Gasteiger partial charge in [0.05, 0.1) is 40.9 Å². The van der Waals surface area contributed by atoms with Crippen molar-refractivity contribution in [3.8, 4) is 17.2 Å². The van der Waals surface area contributed by atoms with Crippen molar-refractivity contribution in [1.82, 2.24) is 14.7 Å². The quantitative estimate of drug-likeness (QED) is 0.202. The van der Waals surface area contributed by atoms with Crippen molar-refractivity contribution in [2.45, 2.75) is 144 Å². The summed E-state index contributed by atoms with van der Waals surface area (Å²) >= 11 is 0. The summed E-state index contributed by atoms with van der Waals surface area (Å²) in [6.45, 7) is 25.0. The zero-order valence-electron chi connectivity index (χ0n) is 44.9. The molecular formula is C56H80N6O11. The number of methoxy groups -OCH3 is 1. The number of nitrogens with zero attached hydrogens (tertiary/aromatic N) is 5. The molecule has 2 spiro atoms. The number of fused-ring (bicyclic) bond motifs is 13. The highest BCUT2D eigenvalue weighted by molar-refractivity contribution is 6.19. The summed E-state index contributed by atoms with van der Waals surface area (Å²) in [5, 5.41) is 51.4. The average molecular weight is 1010 g/mol. The summed E-state index contributed by atoms with van der Waals surface area (Å²) in [4.78, 5) is 60.3. The zero-order chi connectivity index (χ0) is 52.9. The summed E-state index contributed by atoms with van der Waals surface area (Å²) in [6, 6.07) is 0. The molecule has 0 radical (unpaired) electrons. The third-order valence-corrected chi connectivity index (χ3v) is 17.3. The number of phenolic OH excluding ortho intramolecular Hbond substituents is 2. The number of hydrogen-bond donors (Lipinski definition) is 5. The molecule has 2 aromatic rings. The second kappa shape index (κ2) is 21.3. The zero-order valence-corrected chi connectivity index (χ0v) is 44.9. The number of piperidine rings is 3. The van der Waals surface area contributed by atoms with Gasteiger partial charge >= 0.3 is 11.9 Å². The first kappa shape index (κ1) is 54.2. The second-order valence-corrected chi connectivity index (χ2v) is 22.6. The first-order valence-corrected chi connectivity index (χ1v) is 26.6. The molecular weight excluding hydrogens is 933 g/mol. The van der Waals surface area contributed by atoms with Crippen molar-refractivity contribution in [2.24, 2.45) is 45.0 Å². The number of allylic oxidation sites excluding steroid dienone is 2. The van der Waals surface area contributed by atoms with Gasteiger partial charge in [0.1, 0.15) is 28.6 Å². The van der Waals surface area contributed by atoms with Crippen molar-refractivity contribution in [2.75, 3.05) is 64.8 Å². The predicted molar refractivity (Wildman–Crippen MR) is 277 cm³/mol. The Morgan fingerprint density at radius 2 is 1.48 bits per heavy atom. The molecule has 0 saturated carbocycles. The highest BCUT2D eigenvalue weighted by Gasteiger charge is 2.51. The number of Topliss-reactive ketones (excluding diaryl/α,β-unsaturated/α-hetero) is 1. The van der Waals surface area contributed by atoms with E-state index in [1.807, 2.05) is 13.8 Å². The van der Waals surface area contributed by atoms with Crippen LogP contribution in [0.5, 0.6) is 17.2 Å². The van der Waals surface area contributed by atoms with Crippen LogP contribution in [0.4, 0.5) is 10.5 Å². The Kier molecular flexibility index (Phi) is 15.8. The molecule has 73 heavy (non-hydrogen) atoms. The summed E-state index contributed by atoms with van der Waals surface area (Å²) in [7, 11) is 1.51. The van der Waals surface area contributed by atoms with Gasteiger partial charge in [-0.1, -0.05) is 66.7 Å². The van der Waals surface area contributed by atoms with Crippen molar-refractivity contribution < 1.29 is 53.8 Å². The molecule has 9 atom stereocenters. The minimum atomic E-state index is -1.98. The topological polar surface area (TPSA) is 216 Å². The number of nitrogens with one attached hydrogen (secondary N) is 1. The van der Waals surface area contributed by atoms with Crippen molar-refractivity contribution in [3.05, 3.63) is 58.0 Å². The molecule has 0 aromatic heterocycles. The summed E-state index contributed by atoms with van der Waals surface area (Å²) in [6.07, 6.45) is 8.60. The maximum Gasteiger partial charge on any atom is 0.410 e. The van der Waals surface area contributed by atoms with Crippen LogP contribution in [-0.2, 0) is 19.0 Å². The largest absolute Gasteiger partial charge is 0.507 e. The van der Waals surface area contributed by atoms with Crippen LogP contribution in [0.25, 0.3) is 10.8 Å². The lowest BCUT2D eigenvalue weighted by atomic mass is 9.71. The van der Waals surface area contributed by atoms with Crippen LogP contribution in [0.3, 0.4) is 0 Å². The van der Waals surface area contributed by atoms with Crippen LogP contribution in [0, 0.1) is 41.9 Å². The molecule has 2 amide bonds. The Hall–Kier alpha value is -5.07. The summed E-state index contributed by atoms with van der Waals surface area (Å²) in [5.41, 5.74) is -0.354. The van der Waals surface area contributed by atoms with Crippen LogP contribution in [-0.4, -0.2) is 148 Å². The predicted octanol–water partition coefficient (Wildman–Crippen LogP) is 6.52. The monoisotopic (exact) mass is 1010 g/mol. The molecule has 5 bridgehead atoms.